The maximum Gasteiger partial charge on any atom is 0.159 e. The van der Waals surface area contributed by atoms with Crippen LogP contribution in [0.25, 0.3) is 0 Å². The fraction of sp³-hybridized carbons (Fsp3) is 0.556. The first-order valence-electron chi connectivity index (χ1n) is 4.92. The fourth-order valence-corrected chi connectivity index (χ4v) is 1.84. The molecule has 1 atom stereocenters. The molecule has 0 spiro atoms. The van der Waals surface area contributed by atoms with Gasteiger partial charge in [0.1, 0.15) is 16.6 Å². The van der Waals surface area contributed by atoms with Gasteiger partial charge in [0.15, 0.2) is 5.82 Å². The van der Waals surface area contributed by atoms with Gasteiger partial charge in [-0.15, -0.1) is 0 Å². The first-order chi connectivity index (χ1) is 7.56. The number of aliphatic hydroxyl groups is 1. The van der Waals surface area contributed by atoms with Crippen molar-refractivity contribution in [2.45, 2.75) is 19.4 Å². The fourth-order valence-electron chi connectivity index (χ4n) is 1.21. The van der Waals surface area contributed by atoms with Crippen molar-refractivity contribution in [2.75, 3.05) is 23.9 Å². The van der Waals surface area contributed by atoms with Gasteiger partial charge in [0, 0.05) is 13.6 Å². The Labute approximate surface area is 103 Å². The molecule has 1 aromatic rings. The zero-order valence-electron chi connectivity index (χ0n) is 9.31. The van der Waals surface area contributed by atoms with E-state index in [9.17, 15) is 5.11 Å². The molecule has 0 saturated carbocycles. The standard InChI is InChI=1S/C9H16BrN5O/c1-6(16)3-4-15(2)9-7(10)8(14-11)12-5-13-9/h5-6,16H,3-4,11H2,1-2H3,(H,12,13,14). The van der Waals surface area contributed by atoms with E-state index in [1.807, 2.05) is 11.9 Å². The Balaban J connectivity index is 2.78. The summed E-state index contributed by atoms with van der Waals surface area (Å²) in [4.78, 5) is 10.1. The Bertz CT molecular complexity index is 347. The summed E-state index contributed by atoms with van der Waals surface area (Å²) < 4.78 is 0.714. The van der Waals surface area contributed by atoms with Crippen LogP contribution < -0.4 is 16.2 Å². The van der Waals surface area contributed by atoms with Crippen LogP contribution in [0.1, 0.15) is 13.3 Å². The summed E-state index contributed by atoms with van der Waals surface area (Å²) in [6.07, 6.45) is 1.79. The van der Waals surface area contributed by atoms with E-state index < -0.39 is 0 Å². The van der Waals surface area contributed by atoms with Crippen LogP contribution in [0.15, 0.2) is 10.8 Å². The molecule has 16 heavy (non-hydrogen) atoms. The highest BCUT2D eigenvalue weighted by Crippen LogP contribution is 2.28. The molecule has 1 unspecified atom stereocenters. The lowest BCUT2D eigenvalue weighted by Crippen LogP contribution is -2.24. The number of aliphatic hydroxyl groups excluding tert-OH is 1. The van der Waals surface area contributed by atoms with Crippen molar-refractivity contribution in [1.82, 2.24) is 9.97 Å². The molecule has 6 nitrogen and oxygen atoms in total. The van der Waals surface area contributed by atoms with Crippen LogP contribution >= 0.6 is 15.9 Å². The molecular formula is C9H16BrN5O. The molecular weight excluding hydrogens is 274 g/mol. The highest BCUT2D eigenvalue weighted by atomic mass is 79.9. The summed E-state index contributed by atoms with van der Waals surface area (Å²) in [7, 11) is 1.90. The van der Waals surface area contributed by atoms with Gasteiger partial charge in [-0.25, -0.2) is 15.8 Å². The molecule has 0 saturated heterocycles. The minimum absolute atomic E-state index is 0.324. The molecule has 0 amide bonds. The van der Waals surface area contributed by atoms with Crippen LogP contribution in [-0.2, 0) is 0 Å². The van der Waals surface area contributed by atoms with Gasteiger partial charge in [0.2, 0.25) is 0 Å². The minimum Gasteiger partial charge on any atom is -0.393 e. The monoisotopic (exact) mass is 289 g/mol. The maximum absolute atomic E-state index is 9.21. The van der Waals surface area contributed by atoms with Crippen LogP contribution in [0.5, 0.6) is 0 Å². The lowest BCUT2D eigenvalue weighted by Gasteiger charge is -2.20. The van der Waals surface area contributed by atoms with Gasteiger partial charge < -0.3 is 15.4 Å². The minimum atomic E-state index is -0.324. The number of nitrogens with zero attached hydrogens (tertiary/aromatic N) is 3. The van der Waals surface area contributed by atoms with Crippen LogP contribution in [0.2, 0.25) is 0 Å². The zero-order valence-corrected chi connectivity index (χ0v) is 10.9. The van der Waals surface area contributed by atoms with E-state index in [1.165, 1.54) is 6.33 Å². The number of nitrogens with two attached hydrogens (primary N) is 1. The third kappa shape index (κ3) is 3.29. The average Bonchev–Trinajstić information content (AvgIpc) is 2.26. The van der Waals surface area contributed by atoms with Crippen LogP contribution in [0.3, 0.4) is 0 Å². The molecule has 1 rings (SSSR count). The molecule has 7 heteroatoms. The zero-order chi connectivity index (χ0) is 12.1. The third-order valence-corrected chi connectivity index (χ3v) is 2.88. The van der Waals surface area contributed by atoms with Gasteiger partial charge in [-0.05, 0) is 29.3 Å². The quantitative estimate of drug-likeness (QED) is 0.547. The number of nitrogen functional groups attached to an aromatic ring is 1. The molecule has 1 aromatic heterocycles. The Morgan fingerprint density at radius 2 is 2.31 bits per heavy atom. The summed E-state index contributed by atoms with van der Waals surface area (Å²) in [6, 6.07) is 0. The highest BCUT2D eigenvalue weighted by Gasteiger charge is 2.12. The van der Waals surface area contributed by atoms with Crippen molar-refractivity contribution in [3.05, 3.63) is 10.8 Å². The summed E-state index contributed by atoms with van der Waals surface area (Å²) in [5, 5.41) is 9.21. The molecule has 0 radical (unpaired) electrons. The number of anilines is 2. The molecule has 0 aromatic carbocycles. The van der Waals surface area contributed by atoms with Crippen molar-refractivity contribution in [3.63, 3.8) is 0 Å². The molecule has 0 aliphatic rings. The smallest absolute Gasteiger partial charge is 0.159 e. The first kappa shape index (κ1) is 13.1. The molecule has 4 N–H and O–H groups in total. The summed E-state index contributed by atoms with van der Waals surface area (Å²) in [5.41, 5.74) is 2.48. The first-order valence-corrected chi connectivity index (χ1v) is 5.72. The largest absolute Gasteiger partial charge is 0.393 e. The topological polar surface area (TPSA) is 87.3 Å². The van der Waals surface area contributed by atoms with Gasteiger partial charge in [0.05, 0.1) is 6.10 Å². The van der Waals surface area contributed by atoms with Crippen LogP contribution in [-0.4, -0.2) is 34.8 Å². The Kier molecular flexibility index (Phi) is 4.91. The van der Waals surface area contributed by atoms with Gasteiger partial charge in [-0.2, -0.15) is 0 Å². The van der Waals surface area contributed by atoms with Crippen LogP contribution in [0, 0.1) is 0 Å². The highest BCUT2D eigenvalue weighted by molar-refractivity contribution is 9.10. The van der Waals surface area contributed by atoms with Crippen molar-refractivity contribution in [3.8, 4) is 0 Å². The van der Waals surface area contributed by atoms with E-state index in [0.717, 1.165) is 5.82 Å². The summed E-state index contributed by atoms with van der Waals surface area (Å²) in [6.45, 7) is 2.47. The van der Waals surface area contributed by atoms with E-state index in [4.69, 9.17) is 5.84 Å². The molecule has 0 fully saturated rings. The van der Waals surface area contributed by atoms with Gasteiger partial charge in [-0.1, -0.05) is 0 Å². The van der Waals surface area contributed by atoms with E-state index >= 15 is 0 Å². The molecule has 0 aliphatic carbocycles. The number of nitrogens with one attached hydrogen (secondary N) is 1. The van der Waals surface area contributed by atoms with E-state index in [1.54, 1.807) is 6.92 Å². The Hall–Kier alpha value is -0.920. The van der Waals surface area contributed by atoms with Gasteiger partial charge >= 0.3 is 0 Å². The van der Waals surface area contributed by atoms with E-state index in [0.29, 0.717) is 23.3 Å². The van der Waals surface area contributed by atoms with Gasteiger partial charge in [-0.3, -0.25) is 0 Å². The summed E-state index contributed by atoms with van der Waals surface area (Å²) in [5.74, 6) is 6.59. The Morgan fingerprint density at radius 3 is 2.88 bits per heavy atom. The summed E-state index contributed by atoms with van der Waals surface area (Å²) >= 11 is 3.38. The number of halogens is 1. The van der Waals surface area contributed by atoms with E-state index in [2.05, 4.69) is 31.3 Å². The second kappa shape index (κ2) is 5.97. The van der Waals surface area contributed by atoms with Crippen LogP contribution in [0.4, 0.5) is 11.6 Å². The molecule has 90 valence electrons. The van der Waals surface area contributed by atoms with Gasteiger partial charge in [0.25, 0.3) is 0 Å². The molecule has 0 bridgehead atoms. The predicted octanol–water partition coefficient (Wildman–Crippen LogP) is 0.732. The molecule has 1 heterocycles. The normalized spacial score (nSPS) is 12.3. The number of hydrogen-bond donors (Lipinski definition) is 3. The second-order valence-electron chi connectivity index (χ2n) is 3.56. The van der Waals surface area contributed by atoms with Crippen molar-refractivity contribution < 1.29 is 5.11 Å². The van der Waals surface area contributed by atoms with Crippen molar-refractivity contribution in [2.24, 2.45) is 5.84 Å². The number of hydrogen-bond acceptors (Lipinski definition) is 6. The number of rotatable bonds is 5. The second-order valence-corrected chi connectivity index (χ2v) is 4.36. The lowest BCUT2D eigenvalue weighted by molar-refractivity contribution is 0.187. The van der Waals surface area contributed by atoms with Crippen molar-refractivity contribution in [1.29, 1.82) is 0 Å². The average molecular weight is 290 g/mol. The third-order valence-electron chi connectivity index (χ3n) is 2.15. The number of hydrazine groups is 1. The maximum atomic E-state index is 9.21. The SMILES string of the molecule is CC(O)CCN(C)c1ncnc(NN)c1Br. The number of aromatic nitrogens is 2. The lowest BCUT2D eigenvalue weighted by atomic mass is 10.3. The molecule has 0 aliphatic heterocycles. The predicted molar refractivity (Wildman–Crippen MR) is 67.1 cm³/mol. The van der Waals surface area contributed by atoms with Crippen molar-refractivity contribution >= 4 is 27.6 Å². The van der Waals surface area contributed by atoms with E-state index in [-0.39, 0.29) is 6.10 Å². The Morgan fingerprint density at radius 1 is 1.62 bits per heavy atom.